The Hall–Kier alpha value is -0.800. The average molecular weight is 236 g/mol. The largest absolute Gasteiger partial charge is 0.312 e. The van der Waals surface area contributed by atoms with Gasteiger partial charge in [0.2, 0.25) is 5.91 Å². The predicted octanol–water partition coefficient (Wildman–Crippen LogP) is 2.68. The molecule has 5 heteroatoms. The molecule has 0 radical (unpaired) electrons. The molecular weight excluding hydrogens is 228 g/mol. The van der Waals surface area contributed by atoms with Crippen molar-refractivity contribution < 1.29 is 9.18 Å². The van der Waals surface area contributed by atoms with E-state index >= 15 is 0 Å². The minimum atomic E-state index is -0.543. The summed E-state index contributed by atoms with van der Waals surface area (Å²) in [6, 6.07) is 4.09. The van der Waals surface area contributed by atoms with Crippen molar-refractivity contribution in [3.8, 4) is 0 Å². The number of carbonyl (C=O) groups is 1. The van der Waals surface area contributed by atoms with Crippen molar-refractivity contribution in [1.82, 2.24) is 0 Å². The van der Waals surface area contributed by atoms with E-state index in [1.165, 1.54) is 19.2 Å². The number of anilines is 1. The minimum absolute atomic E-state index is 0.167. The zero-order valence-corrected chi connectivity index (χ0v) is 8.94. The van der Waals surface area contributed by atoms with E-state index in [0.29, 0.717) is 0 Å². The molecule has 0 aliphatic rings. The summed E-state index contributed by atoms with van der Waals surface area (Å²) in [7, 11) is 1.46. The minimum Gasteiger partial charge on any atom is -0.312 e. The molecule has 0 aliphatic heterocycles. The van der Waals surface area contributed by atoms with Gasteiger partial charge in [0, 0.05) is 12.1 Å². The predicted molar refractivity (Wildman–Crippen MR) is 55.5 cm³/mol. The van der Waals surface area contributed by atoms with E-state index in [-0.39, 0.29) is 22.5 Å². The molecular formula is C9H8Cl2FNO. The zero-order valence-electron chi connectivity index (χ0n) is 7.43. The fraction of sp³-hybridized carbons (Fsp3) is 0.222. The van der Waals surface area contributed by atoms with E-state index in [1.807, 2.05) is 0 Å². The summed E-state index contributed by atoms with van der Waals surface area (Å²) in [5, 5.41) is 0.290. The highest BCUT2D eigenvalue weighted by molar-refractivity contribution is 6.31. The number of halogens is 3. The lowest BCUT2D eigenvalue weighted by atomic mass is 10.3. The highest BCUT2D eigenvalue weighted by Gasteiger charge is 2.13. The first-order chi connectivity index (χ1) is 6.56. The van der Waals surface area contributed by atoms with Crippen molar-refractivity contribution in [2.24, 2.45) is 0 Å². The monoisotopic (exact) mass is 235 g/mol. The van der Waals surface area contributed by atoms with Gasteiger partial charge in [-0.15, -0.1) is 11.6 Å². The van der Waals surface area contributed by atoms with Gasteiger partial charge in [0.25, 0.3) is 0 Å². The van der Waals surface area contributed by atoms with Crippen molar-refractivity contribution in [1.29, 1.82) is 0 Å². The van der Waals surface area contributed by atoms with E-state index in [1.54, 1.807) is 0 Å². The van der Waals surface area contributed by atoms with Crippen LogP contribution in [-0.4, -0.2) is 18.8 Å². The Morgan fingerprint density at radius 2 is 2.21 bits per heavy atom. The topological polar surface area (TPSA) is 20.3 Å². The molecule has 2 nitrogen and oxygen atoms in total. The lowest BCUT2D eigenvalue weighted by Gasteiger charge is -2.16. The molecule has 0 bridgehead atoms. The Balaban J connectivity index is 3.01. The Morgan fingerprint density at radius 3 is 2.71 bits per heavy atom. The quantitative estimate of drug-likeness (QED) is 0.723. The molecule has 1 rings (SSSR count). The maximum absolute atomic E-state index is 13.3. The van der Waals surface area contributed by atoms with Crippen LogP contribution in [-0.2, 0) is 4.79 Å². The van der Waals surface area contributed by atoms with Crippen molar-refractivity contribution in [3.63, 3.8) is 0 Å². The first kappa shape index (κ1) is 11.3. The summed E-state index contributed by atoms with van der Waals surface area (Å²) in [6.07, 6.45) is 0. The molecule has 0 saturated carbocycles. The Kier molecular flexibility index (Phi) is 3.72. The maximum Gasteiger partial charge on any atom is 0.241 e. The van der Waals surface area contributed by atoms with Crippen LogP contribution < -0.4 is 4.90 Å². The van der Waals surface area contributed by atoms with Crippen molar-refractivity contribution in [2.45, 2.75) is 0 Å². The molecule has 76 valence electrons. The zero-order chi connectivity index (χ0) is 10.7. The maximum atomic E-state index is 13.3. The van der Waals surface area contributed by atoms with E-state index in [4.69, 9.17) is 23.2 Å². The van der Waals surface area contributed by atoms with Crippen molar-refractivity contribution >= 4 is 34.8 Å². The molecule has 0 spiro atoms. The Labute approximate surface area is 91.2 Å². The van der Waals surface area contributed by atoms with Crippen molar-refractivity contribution in [3.05, 3.63) is 29.0 Å². The number of rotatable bonds is 2. The van der Waals surface area contributed by atoms with Crippen LogP contribution in [0.15, 0.2) is 18.2 Å². The summed E-state index contributed by atoms with van der Waals surface area (Å²) in [6.45, 7) is 0. The summed E-state index contributed by atoms with van der Waals surface area (Å²) >= 11 is 10.9. The molecule has 0 heterocycles. The van der Waals surface area contributed by atoms with Gasteiger partial charge in [0.15, 0.2) is 0 Å². The van der Waals surface area contributed by atoms with Gasteiger partial charge in [-0.25, -0.2) is 4.39 Å². The van der Waals surface area contributed by atoms with Crippen LogP contribution in [0.5, 0.6) is 0 Å². The lowest BCUT2D eigenvalue weighted by Crippen LogP contribution is -2.27. The summed E-state index contributed by atoms with van der Waals surface area (Å²) < 4.78 is 13.3. The normalized spacial score (nSPS) is 10.0. The van der Waals surface area contributed by atoms with E-state index in [2.05, 4.69) is 0 Å². The number of hydrogen-bond acceptors (Lipinski definition) is 1. The van der Waals surface area contributed by atoms with Crippen LogP contribution in [0.4, 0.5) is 10.1 Å². The fourth-order valence-corrected chi connectivity index (χ4v) is 1.32. The van der Waals surface area contributed by atoms with Crippen LogP contribution in [0.1, 0.15) is 0 Å². The van der Waals surface area contributed by atoms with Crippen LogP contribution >= 0.6 is 23.2 Å². The first-order valence-corrected chi connectivity index (χ1v) is 4.75. The van der Waals surface area contributed by atoms with Gasteiger partial charge >= 0.3 is 0 Å². The highest BCUT2D eigenvalue weighted by atomic mass is 35.5. The van der Waals surface area contributed by atoms with Crippen LogP contribution in [0.2, 0.25) is 5.02 Å². The molecule has 0 aliphatic carbocycles. The highest BCUT2D eigenvalue weighted by Crippen LogP contribution is 2.21. The number of carbonyl (C=O) groups excluding carboxylic acids is 1. The Morgan fingerprint density at radius 1 is 1.57 bits per heavy atom. The fourth-order valence-electron chi connectivity index (χ4n) is 0.977. The van der Waals surface area contributed by atoms with Gasteiger partial charge < -0.3 is 4.90 Å². The first-order valence-electron chi connectivity index (χ1n) is 3.84. The second-order valence-electron chi connectivity index (χ2n) is 2.68. The SMILES string of the molecule is CN(C(=O)CCl)c1ccc(Cl)cc1F. The number of benzene rings is 1. The average Bonchev–Trinajstić information content (AvgIpc) is 2.15. The van der Waals surface area contributed by atoms with Gasteiger partial charge in [-0.3, -0.25) is 4.79 Å². The van der Waals surface area contributed by atoms with E-state index in [0.717, 1.165) is 11.0 Å². The van der Waals surface area contributed by atoms with Crippen LogP contribution in [0.25, 0.3) is 0 Å². The molecule has 0 N–H and O–H groups in total. The standard InChI is InChI=1S/C9H8Cl2FNO/c1-13(9(14)5-10)8-3-2-6(11)4-7(8)12/h2-4H,5H2,1H3. The second kappa shape index (κ2) is 4.62. The second-order valence-corrected chi connectivity index (χ2v) is 3.39. The van der Waals surface area contributed by atoms with E-state index in [9.17, 15) is 9.18 Å². The molecule has 0 unspecified atom stereocenters. The molecule has 0 saturated heterocycles. The summed E-state index contributed by atoms with van der Waals surface area (Å²) in [5.41, 5.74) is 0.167. The van der Waals surface area contributed by atoms with Gasteiger partial charge in [0.05, 0.1) is 5.69 Å². The number of hydrogen-bond donors (Lipinski definition) is 0. The lowest BCUT2D eigenvalue weighted by molar-refractivity contribution is -0.116. The van der Waals surface area contributed by atoms with Gasteiger partial charge in [-0.05, 0) is 18.2 Å². The van der Waals surface area contributed by atoms with Gasteiger partial charge in [0.1, 0.15) is 11.7 Å². The molecule has 1 aromatic carbocycles. The van der Waals surface area contributed by atoms with Crippen LogP contribution in [0.3, 0.4) is 0 Å². The smallest absolute Gasteiger partial charge is 0.241 e. The third kappa shape index (κ3) is 2.36. The molecule has 0 atom stereocenters. The molecule has 0 fully saturated rings. The van der Waals surface area contributed by atoms with Gasteiger partial charge in [-0.1, -0.05) is 11.6 Å². The van der Waals surface area contributed by atoms with Crippen molar-refractivity contribution in [2.75, 3.05) is 17.8 Å². The summed E-state index contributed by atoms with van der Waals surface area (Å²) in [4.78, 5) is 12.3. The molecule has 14 heavy (non-hydrogen) atoms. The van der Waals surface area contributed by atoms with Crippen LogP contribution in [0, 0.1) is 5.82 Å². The van der Waals surface area contributed by atoms with E-state index < -0.39 is 5.82 Å². The number of alkyl halides is 1. The summed E-state index contributed by atoms with van der Waals surface area (Å²) in [5.74, 6) is -1.09. The third-order valence-electron chi connectivity index (χ3n) is 1.76. The van der Waals surface area contributed by atoms with Gasteiger partial charge in [-0.2, -0.15) is 0 Å². The molecule has 0 aromatic heterocycles. The Bertz CT molecular complexity index is 357. The third-order valence-corrected chi connectivity index (χ3v) is 2.22. The molecule has 1 amide bonds. The molecule has 1 aromatic rings. The number of amides is 1. The number of nitrogens with zero attached hydrogens (tertiary/aromatic N) is 1.